The van der Waals surface area contributed by atoms with E-state index in [1.807, 2.05) is 36.4 Å². The van der Waals surface area contributed by atoms with Crippen LogP contribution in [0.4, 0.5) is 26.3 Å². The van der Waals surface area contributed by atoms with Gasteiger partial charge in [0.2, 0.25) is 0 Å². The monoisotopic (exact) mass is 674 g/mol. The molecule has 0 bridgehead atoms. The minimum absolute atomic E-state index is 0.0245. The van der Waals surface area contributed by atoms with Crippen molar-refractivity contribution in [1.29, 1.82) is 0 Å². The van der Waals surface area contributed by atoms with Gasteiger partial charge in [-0.1, -0.05) is 103 Å². The van der Waals surface area contributed by atoms with E-state index >= 15 is 0 Å². The number of benzene rings is 4. The maximum atomic E-state index is 13.2. The second-order valence-corrected chi connectivity index (χ2v) is 9.10. The van der Waals surface area contributed by atoms with E-state index in [4.69, 9.17) is 0 Å². The van der Waals surface area contributed by atoms with E-state index in [9.17, 15) is 26.3 Å². The molecule has 0 radical (unpaired) electrons. The van der Waals surface area contributed by atoms with E-state index in [0.717, 1.165) is 33.7 Å². The Kier molecular flexibility index (Phi) is 13.1. The molecule has 0 atom stereocenters. The van der Waals surface area contributed by atoms with Gasteiger partial charge in [0, 0.05) is 0 Å². The van der Waals surface area contributed by atoms with Crippen molar-refractivity contribution in [3.05, 3.63) is 136 Å². The predicted octanol–water partition coefficient (Wildman–Crippen LogP) is 11.5. The highest BCUT2D eigenvalue weighted by Gasteiger charge is 2.29. The first-order chi connectivity index (χ1) is 18.5. The molecule has 4 aromatic rings. The fraction of sp³-hybridized carbons (Fsp3) is 0.0667. The molecular weight excluding hydrogens is 653 g/mol. The zero-order chi connectivity index (χ0) is 28.8. The second-order valence-electron chi connectivity index (χ2n) is 7.74. The van der Waals surface area contributed by atoms with Crippen LogP contribution in [0.5, 0.6) is 5.75 Å². The van der Waals surface area contributed by atoms with Gasteiger partial charge in [0.05, 0.1) is 6.08 Å². The molecule has 0 saturated carbocycles. The lowest BCUT2D eigenvalue weighted by Crippen LogP contribution is -2.21. The molecule has 0 heterocycles. The molecule has 0 saturated heterocycles. The Morgan fingerprint density at radius 3 is 1.38 bits per heavy atom. The Balaban J connectivity index is 0.000000239. The molecule has 9 heteroatoms. The maximum Gasteiger partial charge on any atom is 0.423 e. The van der Waals surface area contributed by atoms with Crippen molar-refractivity contribution in [2.75, 3.05) is 0 Å². The third-order valence-electron chi connectivity index (χ3n) is 4.79. The number of ether oxygens (including phenoxy) is 1. The molecule has 0 aromatic heterocycles. The van der Waals surface area contributed by atoms with Crippen molar-refractivity contribution in [3.8, 4) is 28.0 Å². The standard InChI is InChI=1S/C15H10F3IO.C13H12.C2ClF3/c16-14(19)10-15(17,18)20-13-8-6-12(7-9-13)11-4-2-1-3-5-11;1-11-7-9-13(10-8-11)12-5-3-2-4-6-12;3-1(4)2(5)6/h1-10H;2-10H,1H3;/b14-10-;;. The first-order valence-electron chi connectivity index (χ1n) is 11.2. The highest BCUT2D eigenvalue weighted by Crippen LogP contribution is 2.28. The van der Waals surface area contributed by atoms with Gasteiger partial charge in [-0.15, -0.1) is 0 Å². The van der Waals surface area contributed by atoms with Gasteiger partial charge in [-0.3, -0.25) is 0 Å². The topological polar surface area (TPSA) is 9.23 Å². The fourth-order valence-corrected chi connectivity index (χ4v) is 3.40. The first-order valence-corrected chi connectivity index (χ1v) is 12.7. The SMILES string of the molecule is Cc1ccc(-c2ccccc2)cc1.F/C(I)=C/C(F)(F)Oc1ccc(-c2ccccc2)cc1.FC(F)=C(F)Cl. The van der Waals surface area contributed by atoms with E-state index in [0.29, 0.717) is 0 Å². The van der Waals surface area contributed by atoms with Crippen LogP contribution >= 0.6 is 34.2 Å². The smallest absolute Gasteiger partial charge is 0.423 e. The Labute approximate surface area is 241 Å². The van der Waals surface area contributed by atoms with E-state index in [1.54, 1.807) is 12.1 Å². The van der Waals surface area contributed by atoms with Crippen LogP contribution in [0.25, 0.3) is 22.3 Å². The number of alkyl halides is 2. The summed E-state index contributed by atoms with van der Waals surface area (Å²) in [6.45, 7) is 2.11. The molecule has 4 rings (SSSR count). The molecule has 204 valence electrons. The van der Waals surface area contributed by atoms with Gasteiger partial charge >= 0.3 is 12.2 Å². The van der Waals surface area contributed by atoms with Crippen LogP contribution in [-0.2, 0) is 0 Å². The number of rotatable bonds is 5. The molecule has 0 amide bonds. The zero-order valence-corrected chi connectivity index (χ0v) is 23.3. The third-order valence-corrected chi connectivity index (χ3v) is 5.25. The summed E-state index contributed by atoms with van der Waals surface area (Å²) in [5.41, 5.74) is 5.73. The average Bonchev–Trinajstić information content (AvgIpc) is 2.90. The quantitative estimate of drug-likeness (QED) is 0.151. The lowest BCUT2D eigenvalue weighted by Gasteiger charge is -2.14. The summed E-state index contributed by atoms with van der Waals surface area (Å²) in [5, 5.41) is -1.94. The molecule has 4 aromatic carbocycles. The molecule has 0 N–H and O–H groups in total. The van der Waals surface area contributed by atoms with Crippen LogP contribution in [0.3, 0.4) is 0 Å². The molecule has 39 heavy (non-hydrogen) atoms. The molecule has 0 aliphatic heterocycles. The largest absolute Gasteiger partial charge is 0.429 e. The number of hydrogen-bond donors (Lipinski definition) is 0. The summed E-state index contributed by atoms with van der Waals surface area (Å²) in [5.74, 6) is -0.0245. The Morgan fingerprint density at radius 1 is 0.667 bits per heavy atom. The van der Waals surface area contributed by atoms with E-state index < -0.39 is 21.3 Å². The molecule has 1 nitrogen and oxygen atoms in total. The summed E-state index contributed by atoms with van der Waals surface area (Å²) in [6.07, 6.45) is -6.02. The van der Waals surface area contributed by atoms with Crippen molar-refractivity contribution in [2.24, 2.45) is 0 Å². The fourth-order valence-electron chi connectivity index (χ4n) is 3.04. The highest BCUT2D eigenvalue weighted by molar-refractivity contribution is 14.1. The molecule has 0 spiro atoms. The predicted molar refractivity (Wildman–Crippen MR) is 153 cm³/mol. The summed E-state index contributed by atoms with van der Waals surface area (Å²) in [4.78, 5) is 0. The van der Waals surface area contributed by atoms with E-state index in [-0.39, 0.29) is 11.8 Å². The first kappa shape index (κ1) is 32.0. The minimum atomic E-state index is -3.67. The third kappa shape index (κ3) is 12.4. The number of aryl methyl sites for hydroxylation is 1. The van der Waals surface area contributed by atoms with Crippen LogP contribution in [-0.4, -0.2) is 6.11 Å². The number of hydrogen-bond acceptors (Lipinski definition) is 1. The molecule has 0 aliphatic rings. The van der Waals surface area contributed by atoms with Crippen LogP contribution in [0.2, 0.25) is 0 Å². The van der Waals surface area contributed by atoms with Crippen molar-refractivity contribution in [2.45, 2.75) is 13.0 Å². The van der Waals surface area contributed by atoms with Gasteiger partial charge in [-0.2, -0.15) is 26.3 Å². The van der Waals surface area contributed by atoms with Gasteiger partial charge in [-0.25, -0.2) is 0 Å². The van der Waals surface area contributed by atoms with Gasteiger partial charge in [0.1, 0.15) is 5.75 Å². The normalized spacial score (nSPS) is 10.8. The van der Waals surface area contributed by atoms with Crippen molar-refractivity contribution in [3.63, 3.8) is 0 Å². The van der Waals surface area contributed by atoms with Crippen LogP contribution in [0.15, 0.2) is 130 Å². The summed E-state index contributed by atoms with van der Waals surface area (Å²) in [7, 11) is 0. The van der Waals surface area contributed by atoms with Crippen LogP contribution in [0.1, 0.15) is 5.56 Å². The second kappa shape index (κ2) is 16.0. The lowest BCUT2D eigenvalue weighted by atomic mass is 10.0. The van der Waals surface area contributed by atoms with Crippen molar-refractivity contribution < 1.29 is 31.1 Å². The minimum Gasteiger partial charge on any atom is -0.429 e. The van der Waals surface area contributed by atoms with E-state index in [1.165, 1.54) is 28.8 Å². The van der Waals surface area contributed by atoms with Crippen molar-refractivity contribution in [1.82, 2.24) is 0 Å². The van der Waals surface area contributed by atoms with Gasteiger partial charge in [0.25, 0.3) is 5.29 Å². The summed E-state index contributed by atoms with van der Waals surface area (Å²) >= 11 is 5.23. The highest BCUT2D eigenvalue weighted by atomic mass is 127. The average molecular weight is 675 g/mol. The van der Waals surface area contributed by atoms with Crippen molar-refractivity contribution >= 4 is 34.2 Å². The molecule has 0 unspecified atom stereocenters. The Morgan fingerprint density at radius 2 is 1.03 bits per heavy atom. The van der Waals surface area contributed by atoms with Gasteiger partial charge < -0.3 is 4.74 Å². The lowest BCUT2D eigenvalue weighted by molar-refractivity contribution is -0.132. The zero-order valence-electron chi connectivity index (χ0n) is 20.4. The summed E-state index contributed by atoms with van der Waals surface area (Å²) < 4.78 is 74.2. The van der Waals surface area contributed by atoms with Gasteiger partial charge in [-0.05, 0) is 75.5 Å². The maximum absolute atomic E-state index is 13.2. The molecule has 0 aliphatic carbocycles. The van der Waals surface area contributed by atoms with Gasteiger partial charge in [0.15, 0.2) is 3.83 Å². The molecular formula is C30H22ClF6IO. The summed E-state index contributed by atoms with van der Waals surface area (Å²) in [6, 6.07) is 34.7. The van der Waals surface area contributed by atoms with Crippen LogP contribution < -0.4 is 4.74 Å². The Hall–Kier alpha value is -3.24. The molecule has 0 fully saturated rings. The Bertz CT molecular complexity index is 1320. The van der Waals surface area contributed by atoms with E-state index in [2.05, 4.69) is 71.8 Å². The number of halogens is 8. The van der Waals surface area contributed by atoms with Crippen LogP contribution in [0, 0.1) is 6.92 Å².